The molecule has 0 radical (unpaired) electrons. The van der Waals surface area contributed by atoms with E-state index < -0.39 is 0 Å². The van der Waals surface area contributed by atoms with Gasteiger partial charge in [-0.2, -0.15) is 0 Å². The van der Waals surface area contributed by atoms with Crippen molar-refractivity contribution in [3.05, 3.63) is 217 Å². The zero-order chi connectivity index (χ0) is 42.3. The molecule has 3 nitrogen and oxygen atoms in total. The largest absolute Gasteiger partial charge is 0.455 e. The molecule has 0 unspecified atom stereocenters. The van der Waals surface area contributed by atoms with Gasteiger partial charge in [0, 0.05) is 74.5 Å². The molecule has 0 fully saturated rings. The van der Waals surface area contributed by atoms with Crippen molar-refractivity contribution >= 4 is 113 Å². The summed E-state index contributed by atoms with van der Waals surface area (Å²) in [5.74, 6) is 0. The van der Waals surface area contributed by atoms with Gasteiger partial charge < -0.3 is 13.4 Å². The fraction of sp³-hybridized carbons (Fsp3) is 0.0164. The molecule has 15 rings (SSSR count). The van der Waals surface area contributed by atoms with Gasteiger partial charge in [-0.25, -0.2) is 0 Å². The average molecular weight is 845 g/mol. The van der Waals surface area contributed by atoms with Crippen LogP contribution in [0, 0.1) is 0 Å². The molecule has 0 aliphatic heterocycles. The zero-order valence-corrected chi connectivity index (χ0v) is 35.9. The number of benzene rings is 10. The molecule has 0 N–H and O–H groups in total. The van der Waals surface area contributed by atoms with Crippen LogP contribution in [0.3, 0.4) is 0 Å². The molecular weight excluding hydrogens is 809 g/mol. The first-order chi connectivity index (χ1) is 32.2. The van der Waals surface area contributed by atoms with E-state index in [1.807, 2.05) is 17.4 Å². The molecule has 0 saturated carbocycles. The Balaban J connectivity index is 0.903. The number of fused-ring (bicyclic) bond motifs is 15. The van der Waals surface area contributed by atoms with Crippen LogP contribution in [0.5, 0.6) is 0 Å². The number of rotatable bonds is 5. The molecule has 5 heterocycles. The second-order valence-electron chi connectivity index (χ2n) is 17.6. The number of hydrogen-bond acceptors (Lipinski definition) is 2. The quantitative estimate of drug-likeness (QED) is 0.169. The Morgan fingerprint density at radius 2 is 1.02 bits per heavy atom. The molecule has 0 aliphatic rings. The number of hydrogen-bond donors (Lipinski definition) is 0. The maximum atomic E-state index is 6.57. The lowest BCUT2D eigenvalue weighted by Crippen LogP contribution is -1.94. The van der Waals surface area contributed by atoms with E-state index in [1.54, 1.807) is 0 Å². The Kier molecular flexibility index (Phi) is 7.16. The van der Waals surface area contributed by atoms with Crippen molar-refractivity contribution < 1.29 is 4.42 Å². The summed E-state index contributed by atoms with van der Waals surface area (Å²) in [4.78, 5) is 0. The van der Waals surface area contributed by atoms with Crippen molar-refractivity contribution in [2.45, 2.75) is 6.42 Å². The fourth-order valence-corrected chi connectivity index (χ4v) is 12.4. The summed E-state index contributed by atoms with van der Waals surface area (Å²) in [6.07, 6.45) is 0.856. The third kappa shape index (κ3) is 5.00. The molecule has 15 aromatic rings. The van der Waals surface area contributed by atoms with E-state index in [9.17, 15) is 0 Å². The Morgan fingerprint density at radius 1 is 0.400 bits per heavy atom. The van der Waals surface area contributed by atoms with Crippen molar-refractivity contribution in [1.82, 2.24) is 8.97 Å². The van der Waals surface area contributed by atoms with Gasteiger partial charge in [0.1, 0.15) is 11.2 Å². The molecule has 0 aliphatic carbocycles. The highest BCUT2D eigenvalue weighted by molar-refractivity contribution is 7.26. The highest BCUT2D eigenvalue weighted by Crippen LogP contribution is 2.44. The van der Waals surface area contributed by atoms with Gasteiger partial charge in [0.05, 0.1) is 27.6 Å². The molecule has 0 saturated heterocycles. The number of nitrogens with zero attached hydrogens (tertiary/aromatic N) is 2. The standard InChI is InChI=1S/C61H36N2OS/c1-5-19-53-43(12-1)51-34-40(35-52-44-13-2-6-20-54(44)63(53)59(51)52)37-24-27-41(28-25-37)62-55-29-23-36(31-39-11-9-18-48-46-15-4-8-22-58(46)65-61(39)48)32-49(55)50-33-38(26-30-56(50)62)42-16-10-17-47-45-14-3-7-21-57(45)64-60(42)47/h1-30,32-35H,31H2. The predicted molar refractivity (Wildman–Crippen MR) is 276 cm³/mol. The van der Waals surface area contributed by atoms with Crippen LogP contribution in [-0.4, -0.2) is 8.97 Å². The third-order valence-electron chi connectivity index (χ3n) is 14.1. The second kappa shape index (κ2) is 13.2. The molecular formula is C61H36N2OS. The lowest BCUT2D eigenvalue weighted by molar-refractivity contribution is 0.670. The summed E-state index contributed by atoms with van der Waals surface area (Å²) in [5, 5.41) is 12.6. The van der Waals surface area contributed by atoms with Crippen molar-refractivity contribution in [3.8, 4) is 27.9 Å². The molecule has 302 valence electrons. The Morgan fingerprint density at radius 3 is 1.82 bits per heavy atom. The van der Waals surface area contributed by atoms with Gasteiger partial charge in [-0.05, 0) is 107 Å². The molecule has 5 aromatic heterocycles. The summed E-state index contributed by atoms with van der Waals surface area (Å²) in [6.45, 7) is 0. The number of para-hydroxylation sites is 4. The van der Waals surface area contributed by atoms with Crippen LogP contribution in [0.15, 0.2) is 211 Å². The van der Waals surface area contributed by atoms with Gasteiger partial charge in [-0.1, -0.05) is 133 Å². The van der Waals surface area contributed by atoms with Crippen LogP contribution < -0.4 is 0 Å². The smallest absolute Gasteiger partial charge is 0.143 e. The van der Waals surface area contributed by atoms with Gasteiger partial charge >= 0.3 is 0 Å². The summed E-state index contributed by atoms with van der Waals surface area (Å²) in [6, 6.07) is 76.1. The lowest BCUT2D eigenvalue weighted by Gasteiger charge is -2.11. The molecule has 0 atom stereocenters. The van der Waals surface area contributed by atoms with Gasteiger partial charge in [-0.3, -0.25) is 0 Å². The Hall–Kier alpha value is -8.18. The van der Waals surface area contributed by atoms with Gasteiger partial charge in [0.2, 0.25) is 0 Å². The molecule has 4 heteroatoms. The van der Waals surface area contributed by atoms with Crippen LogP contribution in [0.1, 0.15) is 11.1 Å². The first kappa shape index (κ1) is 35.3. The fourth-order valence-electron chi connectivity index (χ4n) is 11.2. The highest BCUT2D eigenvalue weighted by Gasteiger charge is 2.21. The topological polar surface area (TPSA) is 22.5 Å². The molecule has 65 heavy (non-hydrogen) atoms. The third-order valence-corrected chi connectivity index (χ3v) is 15.3. The summed E-state index contributed by atoms with van der Waals surface area (Å²) < 4.78 is 14.2. The van der Waals surface area contributed by atoms with Crippen molar-refractivity contribution in [2.24, 2.45) is 0 Å². The maximum Gasteiger partial charge on any atom is 0.143 e. The number of furan rings is 1. The predicted octanol–water partition coefficient (Wildman–Crippen LogP) is 17.1. The van der Waals surface area contributed by atoms with Crippen molar-refractivity contribution in [2.75, 3.05) is 0 Å². The minimum Gasteiger partial charge on any atom is -0.455 e. The van der Waals surface area contributed by atoms with E-state index in [1.165, 1.54) is 102 Å². The lowest BCUT2D eigenvalue weighted by atomic mass is 9.98. The maximum absolute atomic E-state index is 6.57. The average Bonchev–Trinajstić information content (AvgIpc) is 4.17. The van der Waals surface area contributed by atoms with Crippen LogP contribution in [0.4, 0.5) is 0 Å². The van der Waals surface area contributed by atoms with Crippen molar-refractivity contribution in [3.63, 3.8) is 0 Å². The highest BCUT2D eigenvalue weighted by atomic mass is 32.1. The normalized spacial score (nSPS) is 12.4. The van der Waals surface area contributed by atoms with E-state index in [2.05, 4.69) is 209 Å². The van der Waals surface area contributed by atoms with Crippen LogP contribution in [0.25, 0.3) is 130 Å². The molecule has 0 amide bonds. The van der Waals surface area contributed by atoms with Crippen LogP contribution >= 0.6 is 11.3 Å². The number of aromatic nitrogens is 2. The Bertz CT molecular complexity index is 4360. The second-order valence-corrected chi connectivity index (χ2v) is 18.7. The number of thiophene rings is 1. The summed E-state index contributed by atoms with van der Waals surface area (Å²) in [7, 11) is 0. The molecule has 0 spiro atoms. The van der Waals surface area contributed by atoms with E-state index in [0.29, 0.717) is 0 Å². The van der Waals surface area contributed by atoms with Crippen LogP contribution in [-0.2, 0) is 6.42 Å². The Labute approximate surface area is 376 Å². The van der Waals surface area contributed by atoms with Crippen molar-refractivity contribution in [1.29, 1.82) is 0 Å². The summed E-state index contributed by atoms with van der Waals surface area (Å²) >= 11 is 1.91. The first-order valence-corrected chi connectivity index (χ1v) is 23.2. The van der Waals surface area contributed by atoms with Gasteiger partial charge in [0.15, 0.2) is 0 Å². The molecule has 10 aromatic carbocycles. The first-order valence-electron chi connectivity index (χ1n) is 22.4. The minimum atomic E-state index is 0.856. The minimum absolute atomic E-state index is 0.856. The van der Waals surface area contributed by atoms with Gasteiger partial charge in [0.25, 0.3) is 0 Å². The summed E-state index contributed by atoms with van der Waals surface area (Å²) in [5.41, 5.74) is 16.5. The molecule has 0 bridgehead atoms. The van der Waals surface area contributed by atoms with E-state index in [0.717, 1.165) is 45.2 Å². The van der Waals surface area contributed by atoms with E-state index in [-0.39, 0.29) is 0 Å². The van der Waals surface area contributed by atoms with E-state index >= 15 is 0 Å². The monoisotopic (exact) mass is 844 g/mol. The van der Waals surface area contributed by atoms with Crippen LogP contribution in [0.2, 0.25) is 0 Å². The van der Waals surface area contributed by atoms with Gasteiger partial charge in [-0.15, -0.1) is 11.3 Å². The SMILES string of the molecule is c1ccc2c(c1)oc1c(-c3ccc4c(c3)c3cc(Cc5cccc6c5sc5ccccc56)ccc3n4-c3ccc(-c4cc5c6ccccc6n6c7ccccc7c(c4)c56)cc3)cccc12. The van der Waals surface area contributed by atoms with E-state index in [4.69, 9.17) is 4.42 Å². The zero-order valence-electron chi connectivity index (χ0n) is 35.0.